The van der Waals surface area contributed by atoms with E-state index in [1.165, 1.54) is 11.8 Å². The second-order valence-electron chi connectivity index (χ2n) is 12.9. The molecule has 3 nitrogen and oxygen atoms in total. The van der Waals surface area contributed by atoms with Gasteiger partial charge in [-0.2, -0.15) is 26.3 Å². The maximum atomic E-state index is 14.9. The van der Waals surface area contributed by atoms with Gasteiger partial charge in [-0.25, -0.2) is 0 Å². The van der Waals surface area contributed by atoms with Crippen molar-refractivity contribution in [3.8, 4) is 5.69 Å². The summed E-state index contributed by atoms with van der Waals surface area (Å²) in [5, 5.41) is 2.10. The molecule has 0 saturated carbocycles. The molecular weight excluding hydrogens is 697 g/mol. The summed E-state index contributed by atoms with van der Waals surface area (Å²) in [7, 11) is 0. The van der Waals surface area contributed by atoms with Gasteiger partial charge < -0.3 is 14.4 Å². The molecule has 7 aromatic carbocycles. The molecule has 0 saturated heterocycles. The minimum Gasteiger partial charge on any atom is -0.311 e. The van der Waals surface area contributed by atoms with Crippen LogP contribution in [0.15, 0.2) is 170 Å². The first-order chi connectivity index (χ1) is 26.0. The van der Waals surface area contributed by atoms with Crippen LogP contribution in [-0.2, 0) is 12.4 Å². The maximum absolute atomic E-state index is 14.9. The summed E-state index contributed by atoms with van der Waals surface area (Å²) in [5.74, 6) is 0. The van der Waals surface area contributed by atoms with E-state index in [9.17, 15) is 26.3 Å². The van der Waals surface area contributed by atoms with Gasteiger partial charge in [0.1, 0.15) is 0 Å². The molecular formula is C45H31F6N3. The molecule has 0 atom stereocenters. The van der Waals surface area contributed by atoms with Crippen molar-refractivity contribution in [2.24, 2.45) is 0 Å². The Hall–Kier alpha value is -6.48. The Kier molecular flexibility index (Phi) is 8.65. The largest absolute Gasteiger partial charge is 0.418 e. The van der Waals surface area contributed by atoms with Crippen molar-refractivity contribution in [3.63, 3.8) is 0 Å². The highest BCUT2D eigenvalue weighted by molar-refractivity contribution is 6.09. The number of hydrogen-bond donors (Lipinski definition) is 0. The molecule has 0 aliphatic heterocycles. The smallest absolute Gasteiger partial charge is 0.311 e. The molecule has 0 fully saturated rings. The van der Waals surface area contributed by atoms with E-state index in [4.69, 9.17) is 0 Å². The summed E-state index contributed by atoms with van der Waals surface area (Å²) in [6, 6.07) is 50.1. The molecule has 0 bridgehead atoms. The average Bonchev–Trinajstić information content (AvgIpc) is 3.51. The van der Waals surface area contributed by atoms with Crippen LogP contribution in [0.5, 0.6) is 0 Å². The Morgan fingerprint density at radius 3 is 1.30 bits per heavy atom. The van der Waals surface area contributed by atoms with Gasteiger partial charge in [-0.3, -0.25) is 0 Å². The number of benzene rings is 7. The second-order valence-corrected chi connectivity index (χ2v) is 12.9. The summed E-state index contributed by atoms with van der Waals surface area (Å²) in [5.41, 5.74) is 2.50. The van der Waals surface area contributed by atoms with E-state index in [-0.39, 0.29) is 11.6 Å². The molecule has 0 radical (unpaired) electrons. The van der Waals surface area contributed by atoms with Gasteiger partial charge in [0, 0.05) is 44.9 Å². The van der Waals surface area contributed by atoms with E-state index in [0.29, 0.717) is 11.4 Å². The Morgan fingerprint density at radius 1 is 0.426 bits per heavy atom. The second kappa shape index (κ2) is 13.5. The number of halogens is 6. The number of aryl methyl sites for hydroxylation is 1. The summed E-state index contributed by atoms with van der Waals surface area (Å²) in [4.78, 5) is 3.40. The SMILES string of the molecule is Cc1cc(C(F)(F)F)cc(C(F)(F)F)c1N(c1ccc(N(c2ccccc2)c2ccccc2)cc1)c1ccc(-n2c3ccccc3c3ccccc32)cc1. The average molecular weight is 728 g/mol. The van der Waals surface area contributed by atoms with Crippen molar-refractivity contribution in [1.29, 1.82) is 0 Å². The number of hydrogen-bond acceptors (Lipinski definition) is 2. The number of aromatic nitrogens is 1. The van der Waals surface area contributed by atoms with Gasteiger partial charge in [0.15, 0.2) is 0 Å². The number of para-hydroxylation sites is 4. The van der Waals surface area contributed by atoms with Gasteiger partial charge in [-0.15, -0.1) is 0 Å². The van der Waals surface area contributed by atoms with Gasteiger partial charge >= 0.3 is 12.4 Å². The molecule has 54 heavy (non-hydrogen) atoms. The van der Waals surface area contributed by atoms with E-state index in [1.807, 2.05) is 126 Å². The van der Waals surface area contributed by atoms with Crippen LogP contribution in [0.3, 0.4) is 0 Å². The van der Waals surface area contributed by atoms with Crippen LogP contribution in [-0.4, -0.2) is 4.57 Å². The van der Waals surface area contributed by atoms with Gasteiger partial charge in [0.05, 0.1) is 27.8 Å². The zero-order valence-corrected chi connectivity index (χ0v) is 28.8. The van der Waals surface area contributed by atoms with Gasteiger partial charge in [0.2, 0.25) is 0 Å². The molecule has 268 valence electrons. The highest BCUT2D eigenvalue weighted by atomic mass is 19.4. The van der Waals surface area contributed by atoms with Crippen molar-refractivity contribution in [3.05, 3.63) is 187 Å². The monoisotopic (exact) mass is 727 g/mol. The summed E-state index contributed by atoms with van der Waals surface area (Å²) in [6.07, 6.45) is -10.1. The Bertz CT molecular complexity index is 2480. The third-order valence-corrected chi connectivity index (χ3v) is 9.50. The van der Waals surface area contributed by atoms with E-state index >= 15 is 0 Å². The first-order valence-corrected chi connectivity index (χ1v) is 17.2. The zero-order chi connectivity index (χ0) is 37.6. The van der Waals surface area contributed by atoms with Crippen LogP contribution in [0.1, 0.15) is 16.7 Å². The molecule has 0 aliphatic rings. The molecule has 0 amide bonds. The molecule has 0 N–H and O–H groups in total. The fraction of sp³-hybridized carbons (Fsp3) is 0.0667. The number of anilines is 6. The highest BCUT2D eigenvalue weighted by Gasteiger charge is 2.41. The Morgan fingerprint density at radius 2 is 0.833 bits per heavy atom. The minimum absolute atomic E-state index is 0.178. The molecule has 0 aliphatic carbocycles. The van der Waals surface area contributed by atoms with Crippen molar-refractivity contribution in [1.82, 2.24) is 4.57 Å². The third kappa shape index (κ3) is 6.32. The van der Waals surface area contributed by atoms with Crippen LogP contribution >= 0.6 is 0 Å². The molecule has 0 spiro atoms. The van der Waals surface area contributed by atoms with Crippen LogP contribution in [0.2, 0.25) is 0 Å². The molecule has 1 aromatic heterocycles. The quantitative estimate of drug-likeness (QED) is 0.151. The first kappa shape index (κ1) is 34.6. The molecule has 1 heterocycles. The summed E-state index contributed by atoms with van der Waals surface area (Å²) >= 11 is 0. The molecule has 0 unspecified atom stereocenters. The fourth-order valence-electron chi connectivity index (χ4n) is 7.17. The summed E-state index contributed by atoms with van der Waals surface area (Å²) < 4.78 is 88.5. The van der Waals surface area contributed by atoms with E-state index in [1.54, 1.807) is 36.4 Å². The lowest BCUT2D eigenvalue weighted by atomic mass is 10.00. The van der Waals surface area contributed by atoms with Crippen LogP contribution in [0.4, 0.5) is 60.5 Å². The molecule has 9 heteroatoms. The van der Waals surface area contributed by atoms with Crippen LogP contribution in [0.25, 0.3) is 27.5 Å². The maximum Gasteiger partial charge on any atom is 0.418 e. The number of rotatable bonds is 7. The fourth-order valence-corrected chi connectivity index (χ4v) is 7.17. The van der Waals surface area contributed by atoms with Crippen molar-refractivity contribution in [2.45, 2.75) is 19.3 Å². The normalized spacial score (nSPS) is 12.0. The lowest BCUT2D eigenvalue weighted by Gasteiger charge is -2.31. The highest BCUT2D eigenvalue weighted by Crippen LogP contribution is 2.48. The first-order valence-electron chi connectivity index (χ1n) is 17.2. The number of fused-ring (bicyclic) bond motifs is 3. The van der Waals surface area contributed by atoms with Gasteiger partial charge in [-0.1, -0.05) is 72.8 Å². The Labute approximate surface area is 307 Å². The Balaban J connectivity index is 1.30. The zero-order valence-electron chi connectivity index (χ0n) is 28.8. The van der Waals surface area contributed by atoms with Crippen molar-refractivity contribution < 1.29 is 26.3 Å². The molecule has 8 rings (SSSR count). The lowest BCUT2D eigenvalue weighted by molar-refractivity contribution is -0.142. The minimum atomic E-state index is -5.10. The number of alkyl halides is 6. The predicted octanol–water partition coefficient (Wildman–Crippen LogP) is 14.1. The standard InChI is InChI=1S/C45H31F6N3/c1-30-28-31(44(46,47)48)29-40(45(49,50)51)43(30)53(35-22-20-34(21-23-35)52(32-12-4-2-5-13-32)33-14-6-3-7-15-33)36-24-26-37(27-25-36)54-41-18-10-8-16-38(41)39-17-9-11-19-42(39)54/h2-29H,1H3. The van der Waals surface area contributed by atoms with Crippen LogP contribution < -0.4 is 9.80 Å². The lowest BCUT2D eigenvalue weighted by Crippen LogP contribution is -2.20. The topological polar surface area (TPSA) is 11.4 Å². The predicted molar refractivity (Wildman–Crippen MR) is 205 cm³/mol. The van der Waals surface area contributed by atoms with Gasteiger partial charge in [-0.05, 0) is 110 Å². The van der Waals surface area contributed by atoms with Gasteiger partial charge in [0.25, 0.3) is 0 Å². The van der Waals surface area contributed by atoms with Crippen molar-refractivity contribution >= 4 is 55.9 Å². The van der Waals surface area contributed by atoms with E-state index in [0.717, 1.165) is 50.6 Å². The van der Waals surface area contributed by atoms with E-state index < -0.39 is 29.2 Å². The van der Waals surface area contributed by atoms with E-state index in [2.05, 4.69) is 4.57 Å². The number of nitrogens with zero attached hydrogens (tertiary/aromatic N) is 3. The van der Waals surface area contributed by atoms with Crippen LogP contribution in [0, 0.1) is 6.92 Å². The third-order valence-electron chi connectivity index (χ3n) is 9.50. The summed E-state index contributed by atoms with van der Waals surface area (Å²) in [6.45, 7) is 1.28. The van der Waals surface area contributed by atoms with Crippen molar-refractivity contribution in [2.75, 3.05) is 9.80 Å². The molecule has 8 aromatic rings.